The van der Waals surface area contributed by atoms with Gasteiger partial charge in [0.1, 0.15) is 6.07 Å². The predicted molar refractivity (Wildman–Crippen MR) is 74.9 cm³/mol. The molecule has 0 spiro atoms. The normalized spacial score (nSPS) is 16.1. The minimum Gasteiger partial charge on any atom is -0.481 e. The molecule has 2 N–H and O–H groups in total. The van der Waals surface area contributed by atoms with Gasteiger partial charge < -0.3 is 10.4 Å². The summed E-state index contributed by atoms with van der Waals surface area (Å²) < 4.78 is 0. The van der Waals surface area contributed by atoms with Crippen molar-refractivity contribution in [3.63, 3.8) is 0 Å². The molecule has 0 atom stereocenters. The standard InChI is InChI=1S/C14H15N3O4/c15-9-10-7-11(17(20)21)3-4-12(10)16-14(8-13(18)19)5-1-2-6-14/h3-4,7,16H,1-2,5-6,8H2,(H,18,19). The first kappa shape index (κ1) is 14.8. The van der Waals surface area contributed by atoms with E-state index in [1.54, 1.807) is 0 Å². The number of nitro groups is 1. The Labute approximate surface area is 121 Å². The number of rotatable bonds is 5. The number of non-ortho nitro benzene ring substituents is 1. The lowest BCUT2D eigenvalue weighted by atomic mass is 9.92. The Hall–Kier alpha value is -2.62. The van der Waals surface area contributed by atoms with Crippen molar-refractivity contribution in [3.05, 3.63) is 33.9 Å². The van der Waals surface area contributed by atoms with Gasteiger partial charge in [0.05, 0.1) is 22.6 Å². The summed E-state index contributed by atoms with van der Waals surface area (Å²) in [6, 6.07) is 5.90. The van der Waals surface area contributed by atoms with Crippen LogP contribution in [0.4, 0.5) is 11.4 Å². The van der Waals surface area contributed by atoms with E-state index in [1.165, 1.54) is 18.2 Å². The molecule has 0 unspecified atom stereocenters. The number of hydrogen-bond acceptors (Lipinski definition) is 5. The number of anilines is 1. The van der Waals surface area contributed by atoms with Crippen molar-refractivity contribution in [3.8, 4) is 6.07 Å². The van der Waals surface area contributed by atoms with Gasteiger partial charge in [0.2, 0.25) is 0 Å². The number of hydrogen-bond donors (Lipinski definition) is 2. The Balaban J connectivity index is 2.31. The zero-order valence-corrected chi connectivity index (χ0v) is 11.3. The maximum atomic E-state index is 11.1. The van der Waals surface area contributed by atoms with Crippen LogP contribution in [0, 0.1) is 21.4 Å². The van der Waals surface area contributed by atoms with E-state index in [1.807, 2.05) is 6.07 Å². The first-order chi connectivity index (χ1) is 9.96. The molecule has 7 heteroatoms. The van der Waals surface area contributed by atoms with Crippen molar-refractivity contribution in [2.75, 3.05) is 5.32 Å². The summed E-state index contributed by atoms with van der Waals surface area (Å²) in [5.41, 5.74) is -0.129. The summed E-state index contributed by atoms with van der Waals surface area (Å²) in [5.74, 6) is -0.898. The first-order valence-corrected chi connectivity index (χ1v) is 6.64. The molecule has 1 saturated carbocycles. The van der Waals surface area contributed by atoms with E-state index in [0.717, 1.165) is 12.8 Å². The second kappa shape index (κ2) is 5.79. The van der Waals surface area contributed by atoms with Crippen LogP contribution in [0.15, 0.2) is 18.2 Å². The monoisotopic (exact) mass is 289 g/mol. The molecule has 2 rings (SSSR count). The van der Waals surface area contributed by atoms with Crippen LogP contribution in [0.5, 0.6) is 0 Å². The minimum absolute atomic E-state index is 0.0329. The summed E-state index contributed by atoms with van der Waals surface area (Å²) in [6.07, 6.45) is 3.24. The van der Waals surface area contributed by atoms with Gasteiger partial charge in [-0.1, -0.05) is 12.8 Å². The number of carboxylic acid groups (broad SMARTS) is 1. The van der Waals surface area contributed by atoms with Crippen molar-refractivity contribution in [1.29, 1.82) is 5.26 Å². The molecule has 0 aliphatic heterocycles. The van der Waals surface area contributed by atoms with Gasteiger partial charge in [-0.3, -0.25) is 14.9 Å². The number of benzene rings is 1. The molecule has 0 heterocycles. The van der Waals surface area contributed by atoms with Gasteiger partial charge in [0, 0.05) is 17.7 Å². The van der Waals surface area contributed by atoms with Crippen LogP contribution < -0.4 is 5.32 Å². The lowest BCUT2D eigenvalue weighted by molar-refractivity contribution is -0.384. The average molecular weight is 289 g/mol. The van der Waals surface area contributed by atoms with Crippen molar-refractivity contribution in [1.82, 2.24) is 0 Å². The Kier molecular flexibility index (Phi) is 4.08. The molecule has 21 heavy (non-hydrogen) atoms. The summed E-state index contributed by atoms with van der Waals surface area (Å²) in [5, 5.41) is 32.1. The fraction of sp³-hybridized carbons (Fsp3) is 0.429. The van der Waals surface area contributed by atoms with Crippen molar-refractivity contribution >= 4 is 17.3 Å². The number of nitrogens with one attached hydrogen (secondary N) is 1. The van der Waals surface area contributed by atoms with Gasteiger partial charge in [-0.25, -0.2) is 0 Å². The number of nitriles is 1. The van der Waals surface area contributed by atoms with E-state index in [0.29, 0.717) is 18.5 Å². The van der Waals surface area contributed by atoms with Crippen molar-refractivity contribution < 1.29 is 14.8 Å². The molecule has 7 nitrogen and oxygen atoms in total. The molecule has 1 aromatic rings. The van der Waals surface area contributed by atoms with Crippen LogP contribution in [-0.4, -0.2) is 21.5 Å². The second-order valence-corrected chi connectivity index (χ2v) is 5.28. The number of carboxylic acids is 1. The fourth-order valence-electron chi connectivity index (χ4n) is 2.82. The smallest absolute Gasteiger partial charge is 0.305 e. The molecule has 0 saturated heterocycles. The van der Waals surface area contributed by atoms with E-state index in [2.05, 4.69) is 5.32 Å². The second-order valence-electron chi connectivity index (χ2n) is 5.28. The summed E-state index contributed by atoms with van der Waals surface area (Å²) >= 11 is 0. The number of carbonyl (C=O) groups is 1. The summed E-state index contributed by atoms with van der Waals surface area (Å²) in [7, 11) is 0. The molecular formula is C14H15N3O4. The molecule has 1 aromatic carbocycles. The van der Waals surface area contributed by atoms with Crippen LogP contribution in [-0.2, 0) is 4.79 Å². The Morgan fingerprint density at radius 3 is 2.67 bits per heavy atom. The van der Waals surface area contributed by atoms with Gasteiger partial charge in [0.15, 0.2) is 0 Å². The molecule has 0 radical (unpaired) electrons. The number of aliphatic carboxylic acids is 1. The molecule has 1 fully saturated rings. The molecule has 0 amide bonds. The van der Waals surface area contributed by atoms with Crippen molar-refractivity contribution in [2.24, 2.45) is 0 Å². The van der Waals surface area contributed by atoms with Crippen LogP contribution in [0.25, 0.3) is 0 Å². The minimum atomic E-state index is -0.898. The predicted octanol–water partition coefficient (Wildman–Crippen LogP) is 2.67. The maximum absolute atomic E-state index is 11.1. The van der Waals surface area contributed by atoms with Gasteiger partial charge >= 0.3 is 5.97 Å². The van der Waals surface area contributed by atoms with Crippen LogP contribution in [0.2, 0.25) is 0 Å². The highest BCUT2D eigenvalue weighted by Gasteiger charge is 2.36. The third-order valence-corrected chi connectivity index (χ3v) is 3.78. The number of nitrogens with zero attached hydrogens (tertiary/aromatic N) is 2. The average Bonchev–Trinajstić information content (AvgIpc) is 2.86. The zero-order valence-electron chi connectivity index (χ0n) is 11.3. The van der Waals surface area contributed by atoms with Gasteiger partial charge in [0.25, 0.3) is 5.69 Å². The molecule has 0 aromatic heterocycles. The van der Waals surface area contributed by atoms with E-state index in [-0.39, 0.29) is 17.7 Å². The Morgan fingerprint density at radius 2 is 2.14 bits per heavy atom. The van der Waals surface area contributed by atoms with E-state index >= 15 is 0 Å². The summed E-state index contributed by atoms with van der Waals surface area (Å²) in [4.78, 5) is 21.2. The van der Waals surface area contributed by atoms with Gasteiger partial charge in [-0.15, -0.1) is 0 Å². The van der Waals surface area contributed by atoms with Crippen LogP contribution in [0.1, 0.15) is 37.7 Å². The third kappa shape index (κ3) is 3.28. The highest BCUT2D eigenvalue weighted by atomic mass is 16.6. The largest absolute Gasteiger partial charge is 0.481 e. The lowest BCUT2D eigenvalue weighted by Crippen LogP contribution is -2.37. The van der Waals surface area contributed by atoms with Crippen LogP contribution >= 0.6 is 0 Å². The van der Waals surface area contributed by atoms with E-state index < -0.39 is 16.4 Å². The van der Waals surface area contributed by atoms with E-state index in [9.17, 15) is 14.9 Å². The van der Waals surface area contributed by atoms with Crippen molar-refractivity contribution in [2.45, 2.75) is 37.6 Å². The quantitative estimate of drug-likeness (QED) is 0.635. The van der Waals surface area contributed by atoms with Gasteiger partial charge in [-0.05, 0) is 18.9 Å². The molecular weight excluding hydrogens is 274 g/mol. The first-order valence-electron chi connectivity index (χ1n) is 6.64. The molecule has 0 bridgehead atoms. The topological polar surface area (TPSA) is 116 Å². The Morgan fingerprint density at radius 1 is 1.48 bits per heavy atom. The van der Waals surface area contributed by atoms with E-state index in [4.69, 9.17) is 10.4 Å². The highest BCUT2D eigenvalue weighted by Crippen LogP contribution is 2.37. The number of nitro benzene ring substituents is 1. The Bertz CT molecular complexity index is 615. The lowest BCUT2D eigenvalue weighted by Gasteiger charge is -2.30. The zero-order chi connectivity index (χ0) is 15.5. The fourth-order valence-corrected chi connectivity index (χ4v) is 2.82. The SMILES string of the molecule is N#Cc1cc([N+](=O)[O-])ccc1NC1(CC(=O)O)CCCC1. The molecule has 1 aliphatic carbocycles. The van der Waals surface area contributed by atoms with Crippen LogP contribution in [0.3, 0.4) is 0 Å². The van der Waals surface area contributed by atoms with Gasteiger partial charge in [-0.2, -0.15) is 5.26 Å². The maximum Gasteiger partial charge on any atom is 0.305 e. The highest BCUT2D eigenvalue weighted by molar-refractivity contribution is 5.71. The molecule has 110 valence electrons. The third-order valence-electron chi connectivity index (χ3n) is 3.78. The summed E-state index contributed by atoms with van der Waals surface area (Å²) in [6.45, 7) is 0. The molecule has 1 aliphatic rings.